The average Bonchev–Trinajstić information content (AvgIpc) is 1.88. The number of alkyl halides is 1. The van der Waals surface area contributed by atoms with Crippen molar-refractivity contribution in [2.75, 3.05) is 6.86 Å². The Morgan fingerprint density at radius 3 is 2.80 bits per heavy atom. The maximum absolute atomic E-state index is 12.3. The molecule has 0 heterocycles. The monoisotopic (exact) mass is 144 g/mol. The Bertz CT molecular complexity index is 213. The molecule has 1 nitrogen and oxygen atoms in total. The fraction of sp³-hybridized carbons (Fsp3) is 0.143. The summed E-state index contributed by atoms with van der Waals surface area (Å²) in [4.78, 5) is 0. The summed E-state index contributed by atoms with van der Waals surface area (Å²) >= 11 is 0. The summed E-state index contributed by atoms with van der Waals surface area (Å²) in [5.74, 6) is -0.214. The van der Waals surface area contributed by atoms with Crippen LogP contribution < -0.4 is 4.74 Å². The van der Waals surface area contributed by atoms with E-state index in [9.17, 15) is 8.78 Å². The molecular weight excluding hydrogens is 138 g/mol. The highest BCUT2D eigenvalue weighted by atomic mass is 19.1. The lowest BCUT2D eigenvalue weighted by Crippen LogP contribution is -1.89. The standard InChI is InChI=1S/C7H6F2O/c8-5-10-7-3-1-2-6(9)4-7/h1-4H,5H2. The van der Waals surface area contributed by atoms with E-state index >= 15 is 0 Å². The summed E-state index contributed by atoms with van der Waals surface area (Å²) in [6, 6.07) is 5.34. The van der Waals surface area contributed by atoms with Gasteiger partial charge in [0.05, 0.1) is 0 Å². The van der Waals surface area contributed by atoms with Crippen LogP contribution in [0, 0.1) is 5.82 Å². The molecule has 0 bridgehead atoms. The number of hydrogen-bond acceptors (Lipinski definition) is 1. The minimum Gasteiger partial charge on any atom is -0.463 e. The van der Waals surface area contributed by atoms with Crippen LogP contribution in [0.4, 0.5) is 8.78 Å². The van der Waals surface area contributed by atoms with E-state index in [1.54, 1.807) is 0 Å². The molecule has 0 saturated carbocycles. The smallest absolute Gasteiger partial charge is 0.228 e. The van der Waals surface area contributed by atoms with Crippen LogP contribution in [-0.4, -0.2) is 6.86 Å². The molecule has 10 heavy (non-hydrogen) atoms. The van der Waals surface area contributed by atoms with Crippen LogP contribution >= 0.6 is 0 Å². The second kappa shape index (κ2) is 3.15. The minimum atomic E-state index is -0.927. The molecule has 0 N–H and O–H groups in total. The molecular formula is C7H6F2O. The van der Waals surface area contributed by atoms with Crippen molar-refractivity contribution in [3.8, 4) is 5.75 Å². The normalized spacial score (nSPS) is 9.40. The van der Waals surface area contributed by atoms with Gasteiger partial charge < -0.3 is 4.74 Å². The van der Waals surface area contributed by atoms with E-state index in [1.807, 2.05) is 0 Å². The molecule has 54 valence electrons. The number of hydrogen-bond donors (Lipinski definition) is 0. The predicted molar refractivity (Wildman–Crippen MR) is 33.0 cm³/mol. The molecule has 0 aliphatic carbocycles. The molecule has 0 atom stereocenters. The largest absolute Gasteiger partial charge is 0.463 e. The van der Waals surface area contributed by atoms with Crippen LogP contribution in [0.1, 0.15) is 0 Å². The zero-order valence-corrected chi connectivity index (χ0v) is 5.18. The zero-order valence-electron chi connectivity index (χ0n) is 5.18. The van der Waals surface area contributed by atoms with Gasteiger partial charge in [0.25, 0.3) is 0 Å². The van der Waals surface area contributed by atoms with Crippen molar-refractivity contribution in [3.05, 3.63) is 30.1 Å². The van der Waals surface area contributed by atoms with Crippen molar-refractivity contribution >= 4 is 0 Å². The topological polar surface area (TPSA) is 9.23 Å². The summed E-state index contributed by atoms with van der Waals surface area (Å²) in [6.07, 6.45) is 0. The Morgan fingerprint density at radius 1 is 1.40 bits per heavy atom. The summed E-state index contributed by atoms with van der Waals surface area (Å²) in [6.45, 7) is -0.927. The molecule has 1 aromatic rings. The highest BCUT2D eigenvalue weighted by molar-refractivity contribution is 5.22. The molecule has 0 fully saturated rings. The van der Waals surface area contributed by atoms with Gasteiger partial charge in [-0.1, -0.05) is 6.07 Å². The molecule has 1 rings (SSSR count). The van der Waals surface area contributed by atoms with Crippen molar-refractivity contribution in [1.29, 1.82) is 0 Å². The Kier molecular flexibility index (Phi) is 2.20. The molecule has 1 aromatic carbocycles. The van der Waals surface area contributed by atoms with Crippen LogP contribution in [0.25, 0.3) is 0 Å². The third-order valence-electron chi connectivity index (χ3n) is 1.02. The molecule has 0 unspecified atom stereocenters. The van der Waals surface area contributed by atoms with Gasteiger partial charge in [0.1, 0.15) is 11.6 Å². The molecule has 0 amide bonds. The molecule has 0 saturated heterocycles. The number of rotatable bonds is 2. The van der Waals surface area contributed by atoms with E-state index in [0.29, 0.717) is 0 Å². The maximum atomic E-state index is 12.3. The van der Waals surface area contributed by atoms with Crippen LogP contribution in [0.2, 0.25) is 0 Å². The van der Waals surface area contributed by atoms with Gasteiger partial charge in [-0.2, -0.15) is 0 Å². The first-order valence-electron chi connectivity index (χ1n) is 2.77. The molecule has 0 aromatic heterocycles. The van der Waals surface area contributed by atoms with Crippen molar-refractivity contribution in [3.63, 3.8) is 0 Å². The summed E-state index contributed by atoms with van der Waals surface area (Å²) in [5.41, 5.74) is 0. The third-order valence-corrected chi connectivity index (χ3v) is 1.02. The van der Waals surface area contributed by atoms with Gasteiger partial charge in [0, 0.05) is 6.07 Å². The first kappa shape index (κ1) is 6.99. The van der Waals surface area contributed by atoms with E-state index in [4.69, 9.17) is 0 Å². The Labute approximate surface area is 57.2 Å². The highest BCUT2D eigenvalue weighted by Crippen LogP contribution is 2.11. The lowest BCUT2D eigenvalue weighted by molar-refractivity contribution is 0.191. The van der Waals surface area contributed by atoms with Gasteiger partial charge in [0.2, 0.25) is 6.86 Å². The summed E-state index contributed by atoms with van der Waals surface area (Å²) in [5, 5.41) is 0. The second-order valence-electron chi connectivity index (χ2n) is 1.71. The maximum Gasteiger partial charge on any atom is 0.228 e. The SMILES string of the molecule is FCOc1cccc(F)c1. The minimum absolute atomic E-state index is 0.211. The Balaban J connectivity index is 2.75. The predicted octanol–water partition coefficient (Wildman–Crippen LogP) is 2.13. The van der Waals surface area contributed by atoms with E-state index in [1.165, 1.54) is 18.2 Å². The first-order chi connectivity index (χ1) is 4.83. The van der Waals surface area contributed by atoms with Crippen LogP contribution in [0.3, 0.4) is 0 Å². The van der Waals surface area contributed by atoms with Crippen LogP contribution in [-0.2, 0) is 0 Å². The molecule has 0 spiro atoms. The van der Waals surface area contributed by atoms with Gasteiger partial charge in [-0.25, -0.2) is 8.78 Å². The summed E-state index contributed by atoms with van der Waals surface area (Å²) in [7, 11) is 0. The van der Waals surface area contributed by atoms with E-state index in [0.717, 1.165) is 6.07 Å². The fourth-order valence-electron chi connectivity index (χ4n) is 0.620. The van der Waals surface area contributed by atoms with Gasteiger partial charge >= 0.3 is 0 Å². The Hall–Kier alpha value is -1.12. The third kappa shape index (κ3) is 1.69. The summed E-state index contributed by atoms with van der Waals surface area (Å²) < 4.78 is 28.1. The lowest BCUT2D eigenvalue weighted by Gasteiger charge is -1.98. The average molecular weight is 144 g/mol. The van der Waals surface area contributed by atoms with Crippen molar-refractivity contribution < 1.29 is 13.5 Å². The number of ether oxygens (including phenoxy) is 1. The molecule has 0 aliphatic rings. The van der Waals surface area contributed by atoms with Crippen molar-refractivity contribution in [2.24, 2.45) is 0 Å². The molecule has 0 aliphatic heterocycles. The van der Waals surface area contributed by atoms with Crippen molar-refractivity contribution in [2.45, 2.75) is 0 Å². The van der Waals surface area contributed by atoms with E-state index in [2.05, 4.69) is 4.74 Å². The number of halogens is 2. The van der Waals surface area contributed by atoms with Crippen molar-refractivity contribution in [1.82, 2.24) is 0 Å². The first-order valence-corrected chi connectivity index (χ1v) is 2.77. The van der Waals surface area contributed by atoms with E-state index in [-0.39, 0.29) is 5.75 Å². The molecule has 3 heteroatoms. The second-order valence-corrected chi connectivity index (χ2v) is 1.71. The van der Waals surface area contributed by atoms with E-state index < -0.39 is 12.7 Å². The zero-order chi connectivity index (χ0) is 7.40. The lowest BCUT2D eigenvalue weighted by atomic mass is 10.3. The highest BCUT2D eigenvalue weighted by Gasteiger charge is 1.92. The van der Waals surface area contributed by atoms with Crippen LogP contribution in [0.15, 0.2) is 24.3 Å². The van der Waals surface area contributed by atoms with Gasteiger partial charge in [-0.3, -0.25) is 0 Å². The van der Waals surface area contributed by atoms with Gasteiger partial charge in [-0.15, -0.1) is 0 Å². The van der Waals surface area contributed by atoms with Gasteiger partial charge in [0.15, 0.2) is 0 Å². The quantitative estimate of drug-likeness (QED) is 0.617. The molecule has 0 radical (unpaired) electrons. The Morgan fingerprint density at radius 2 is 2.20 bits per heavy atom. The fourth-order valence-corrected chi connectivity index (χ4v) is 0.620. The van der Waals surface area contributed by atoms with Crippen LogP contribution in [0.5, 0.6) is 5.75 Å². The van der Waals surface area contributed by atoms with Gasteiger partial charge in [-0.05, 0) is 12.1 Å². The number of benzene rings is 1.